The van der Waals surface area contributed by atoms with E-state index < -0.39 is 5.97 Å². The van der Waals surface area contributed by atoms with E-state index in [9.17, 15) is 9.59 Å². The molecule has 0 radical (unpaired) electrons. The molecule has 1 aromatic rings. The Morgan fingerprint density at radius 1 is 1.35 bits per heavy atom. The van der Waals surface area contributed by atoms with Gasteiger partial charge in [0.05, 0.1) is 17.7 Å². The molecule has 6 heteroatoms. The number of nitrogens with zero attached hydrogens (tertiary/aromatic N) is 1. The van der Waals surface area contributed by atoms with E-state index in [2.05, 4.69) is 15.5 Å². The first-order valence-electron chi connectivity index (χ1n) is 5.69. The second-order valence-electron chi connectivity index (χ2n) is 4.35. The van der Waals surface area contributed by atoms with Gasteiger partial charge < -0.3 is 10.4 Å². The Morgan fingerprint density at radius 3 is 2.59 bits per heavy atom. The normalized spacial score (nSPS) is 24.2. The van der Waals surface area contributed by atoms with Crippen molar-refractivity contribution in [3.63, 3.8) is 0 Å². The monoisotopic (exact) mass is 237 g/mol. The Morgan fingerprint density at radius 2 is 2.06 bits per heavy atom. The lowest BCUT2D eigenvalue weighted by Crippen LogP contribution is -2.38. The standard InChI is InChI=1S/C11H15N3O3/c15-10(8-5-12-13-6-8)14-9-3-1-7(2-4-9)11(16)17/h5-7,9H,1-4H2,(H,12,13)(H,14,15)(H,16,17). The maximum Gasteiger partial charge on any atom is 0.306 e. The van der Waals surface area contributed by atoms with Gasteiger partial charge >= 0.3 is 5.97 Å². The molecule has 1 saturated carbocycles. The molecule has 92 valence electrons. The van der Waals surface area contributed by atoms with Gasteiger partial charge in [0.1, 0.15) is 0 Å². The summed E-state index contributed by atoms with van der Waals surface area (Å²) in [6.07, 6.45) is 5.72. The third kappa shape index (κ3) is 2.83. The second-order valence-corrected chi connectivity index (χ2v) is 4.35. The largest absolute Gasteiger partial charge is 0.481 e. The maximum atomic E-state index is 11.7. The molecule has 1 aliphatic rings. The van der Waals surface area contributed by atoms with Crippen molar-refractivity contribution in [3.05, 3.63) is 18.0 Å². The van der Waals surface area contributed by atoms with E-state index in [1.54, 1.807) is 0 Å². The SMILES string of the molecule is O=C(NC1CCC(C(=O)O)CC1)c1cn[nH]c1. The van der Waals surface area contributed by atoms with Gasteiger partial charge in [-0.1, -0.05) is 0 Å². The Labute approximate surface area is 98.4 Å². The first kappa shape index (κ1) is 11.6. The molecule has 0 aliphatic heterocycles. The molecule has 1 heterocycles. The summed E-state index contributed by atoms with van der Waals surface area (Å²) < 4.78 is 0. The fourth-order valence-electron chi connectivity index (χ4n) is 2.13. The first-order valence-corrected chi connectivity index (χ1v) is 5.69. The van der Waals surface area contributed by atoms with Crippen LogP contribution in [-0.2, 0) is 4.79 Å². The van der Waals surface area contributed by atoms with Crippen molar-refractivity contribution in [3.8, 4) is 0 Å². The zero-order chi connectivity index (χ0) is 12.3. The molecule has 6 nitrogen and oxygen atoms in total. The van der Waals surface area contributed by atoms with Crippen molar-refractivity contribution in [2.75, 3.05) is 0 Å². The van der Waals surface area contributed by atoms with Crippen LogP contribution in [0, 0.1) is 5.92 Å². The zero-order valence-corrected chi connectivity index (χ0v) is 9.35. The Bertz CT molecular complexity index is 394. The molecule has 0 saturated heterocycles. The van der Waals surface area contributed by atoms with Gasteiger partial charge in [-0.2, -0.15) is 5.10 Å². The van der Waals surface area contributed by atoms with Crippen molar-refractivity contribution < 1.29 is 14.7 Å². The molecule has 1 fully saturated rings. The van der Waals surface area contributed by atoms with Gasteiger partial charge in [0.25, 0.3) is 5.91 Å². The zero-order valence-electron chi connectivity index (χ0n) is 9.35. The molecular weight excluding hydrogens is 222 g/mol. The second kappa shape index (κ2) is 4.99. The van der Waals surface area contributed by atoms with Crippen LogP contribution in [0.25, 0.3) is 0 Å². The van der Waals surface area contributed by atoms with Crippen LogP contribution in [0.3, 0.4) is 0 Å². The minimum Gasteiger partial charge on any atom is -0.481 e. The highest BCUT2D eigenvalue weighted by atomic mass is 16.4. The Balaban J connectivity index is 1.82. The molecule has 2 rings (SSSR count). The third-order valence-electron chi connectivity index (χ3n) is 3.17. The van der Waals surface area contributed by atoms with E-state index in [0.29, 0.717) is 18.4 Å². The number of carbonyl (C=O) groups excluding carboxylic acids is 1. The summed E-state index contributed by atoms with van der Waals surface area (Å²) in [5.41, 5.74) is 0.505. The minimum atomic E-state index is -0.732. The van der Waals surface area contributed by atoms with Crippen LogP contribution in [0.15, 0.2) is 12.4 Å². The van der Waals surface area contributed by atoms with Crippen molar-refractivity contribution in [2.45, 2.75) is 31.7 Å². The highest BCUT2D eigenvalue weighted by Gasteiger charge is 2.26. The molecule has 0 spiro atoms. The number of carboxylic acids is 1. The van der Waals surface area contributed by atoms with Crippen molar-refractivity contribution in [1.82, 2.24) is 15.5 Å². The quantitative estimate of drug-likeness (QED) is 0.724. The van der Waals surface area contributed by atoms with Crippen LogP contribution < -0.4 is 5.32 Å². The molecule has 0 aromatic carbocycles. The number of amides is 1. The number of rotatable bonds is 3. The summed E-state index contributed by atoms with van der Waals surface area (Å²) in [5, 5.41) is 18.0. The molecule has 3 N–H and O–H groups in total. The van der Waals surface area contributed by atoms with Crippen LogP contribution in [-0.4, -0.2) is 33.2 Å². The van der Waals surface area contributed by atoms with Crippen LogP contribution in [0.2, 0.25) is 0 Å². The summed E-state index contributed by atoms with van der Waals surface area (Å²) in [7, 11) is 0. The van der Waals surface area contributed by atoms with Gasteiger partial charge in [0, 0.05) is 12.2 Å². The van der Waals surface area contributed by atoms with Gasteiger partial charge in [-0.15, -0.1) is 0 Å². The summed E-state index contributed by atoms with van der Waals surface area (Å²) in [6.45, 7) is 0. The highest BCUT2D eigenvalue weighted by Crippen LogP contribution is 2.24. The fraction of sp³-hybridized carbons (Fsp3) is 0.545. The summed E-state index contributed by atoms with van der Waals surface area (Å²) in [4.78, 5) is 22.5. The molecule has 17 heavy (non-hydrogen) atoms. The molecule has 0 atom stereocenters. The van der Waals surface area contributed by atoms with Crippen LogP contribution in [0.1, 0.15) is 36.0 Å². The lowest BCUT2D eigenvalue weighted by Gasteiger charge is -2.26. The Kier molecular flexibility index (Phi) is 3.41. The number of hydrogen-bond acceptors (Lipinski definition) is 3. The number of nitrogens with one attached hydrogen (secondary N) is 2. The topological polar surface area (TPSA) is 95.1 Å². The van der Waals surface area contributed by atoms with Gasteiger partial charge in [-0.3, -0.25) is 14.7 Å². The molecule has 1 amide bonds. The van der Waals surface area contributed by atoms with Crippen LogP contribution >= 0.6 is 0 Å². The minimum absolute atomic E-state index is 0.0769. The van der Waals surface area contributed by atoms with Gasteiger partial charge in [0.15, 0.2) is 0 Å². The van der Waals surface area contributed by atoms with Crippen molar-refractivity contribution in [1.29, 1.82) is 0 Å². The van der Waals surface area contributed by atoms with Crippen molar-refractivity contribution in [2.24, 2.45) is 5.92 Å². The molecule has 1 aliphatic carbocycles. The van der Waals surface area contributed by atoms with Crippen LogP contribution in [0.4, 0.5) is 0 Å². The predicted octanol–water partition coefficient (Wildman–Crippen LogP) is 0.783. The highest BCUT2D eigenvalue weighted by molar-refractivity contribution is 5.93. The smallest absolute Gasteiger partial charge is 0.306 e. The van der Waals surface area contributed by atoms with E-state index in [1.807, 2.05) is 0 Å². The number of carboxylic acid groups (broad SMARTS) is 1. The van der Waals surface area contributed by atoms with Gasteiger partial charge in [-0.05, 0) is 25.7 Å². The average Bonchev–Trinajstić information content (AvgIpc) is 2.83. The Hall–Kier alpha value is -1.85. The number of aliphatic carboxylic acids is 1. The van der Waals surface area contributed by atoms with E-state index in [0.717, 1.165) is 12.8 Å². The predicted molar refractivity (Wildman–Crippen MR) is 59.4 cm³/mol. The number of aromatic amines is 1. The first-order chi connectivity index (χ1) is 8.16. The van der Waals surface area contributed by atoms with E-state index in [4.69, 9.17) is 5.11 Å². The molecule has 0 unspecified atom stereocenters. The summed E-state index contributed by atoms with van der Waals surface area (Å²) in [5.74, 6) is -1.14. The average molecular weight is 237 g/mol. The van der Waals surface area contributed by atoms with Gasteiger partial charge in [-0.25, -0.2) is 0 Å². The van der Waals surface area contributed by atoms with E-state index in [1.165, 1.54) is 12.4 Å². The number of hydrogen-bond donors (Lipinski definition) is 3. The van der Waals surface area contributed by atoms with E-state index in [-0.39, 0.29) is 17.9 Å². The van der Waals surface area contributed by atoms with Gasteiger partial charge in [0.2, 0.25) is 0 Å². The molecular formula is C11H15N3O3. The van der Waals surface area contributed by atoms with Crippen LogP contribution in [0.5, 0.6) is 0 Å². The third-order valence-corrected chi connectivity index (χ3v) is 3.17. The maximum absolute atomic E-state index is 11.7. The number of carbonyl (C=O) groups is 2. The summed E-state index contributed by atoms with van der Waals surface area (Å²) in [6, 6.07) is 0.0769. The number of aromatic nitrogens is 2. The molecule has 1 aromatic heterocycles. The molecule has 0 bridgehead atoms. The fourth-order valence-corrected chi connectivity index (χ4v) is 2.13. The summed E-state index contributed by atoms with van der Waals surface area (Å²) >= 11 is 0. The lowest BCUT2D eigenvalue weighted by molar-refractivity contribution is -0.142. The van der Waals surface area contributed by atoms with Crippen molar-refractivity contribution >= 4 is 11.9 Å². The number of H-pyrrole nitrogens is 1. The van der Waals surface area contributed by atoms with E-state index >= 15 is 0 Å². The lowest BCUT2D eigenvalue weighted by atomic mass is 9.86.